The molecule has 0 saturated heterocycles. The summed E-state index contributed by atoms with van der Waals surface area (Å²) in [6.07, 6.45) is 0. The summed E-state index contributed by atoms with van der Waals surface area (Å²) in [5.41, 5.74) is 2.86. The lowest BCUT2D eigenvalue weighted by Crippen LogP contribution is -2.01. The van der Waals surface area contributed by atoms with Crippen molar-refractivity contribution in [3.05, 3.63) is 46.9 Å². The molecule has 0 bridgehead atoms. The second-order valence-electron chi connectivity index (χ2n) is 4.32. The molecular weight excluding hydrogens is 258 g/mol. The molecule has 1 aromatic carbocycles. The van der Waals surface area contributed by atoms with E-state index in [1.807, 2.05) is 54.9 Å². The number of nitrogens with zero attached hydrogens (tertiary/aromatic N) is 4. The van der Waals surface area contributed by atoms with Gasteiger partial charge in [-0.05, 0) is 37.3 Å². The fourth-order valence-corrected chi connectivity index (χ4v) is 2.34. The Morgan fingerprint density at radius 2 is 1.95 bits per heavy atom. The van der Waals surface area contributed by atoms with Gasteiger partial charge in [-0.1, -0.05) is 18.2 Å². The maximum absolute atomic E-state index is 5.32. The highest BCUT2D eigenvalue weighted by Gasteiger charge is 2.14. The molecule has 0 atom stereocenters. The van der Waals surface area contributed by atoms with Gasteiger partial charge in [0.05, 0.1) is 11.4 Å². The molecule has 0 saturated carbocycles. The topological polar surface area (TPSA) is 51.4 Å². The maximum Gasteiger partial charge on any atom is 0.200 e. The van der Waals surface area contributed by atoms with E-state index in [2.05, 4.69) is 15.3 Å². The molecule has 5 nitrogen and oxygen atoms in total. The van der Waals surface area contributed by atoms with Gasteiger partial charge >= 0.3 is 0 Å². The molecule has 0 aliphatic carbocycles. The van der Waals surface area contributed by atoms with Crippen LogP contribution in [0.3, 0.4) is 0 Å². The first-order valence-corrected chi connectivity index (χ1v) is 6.31. The Morgan fingerprint density at radius 3 is 2.58 bits per heavy atom. The molecule has 0 unspecified atom stereocenters. The molecule has 0 fully saturated rings. The van der Waals surface area contributed by atoms with E-state index in [0.29, 0.717) is 4.77 Å². The molecule has 2 heterocycles. The summed E-state index contributed by atoms with van der Waals surface area (Å²) in [5, 5.41) is 11.5. The third-order valence-electron chi connectivity index (χ3n) is 2.92. The summed E-state index contributed by atoms with van der Waals surface area (Å²) < 4.78 is 4.28. The van der Waals surface area contributed by atoms with E-state index < -0.39 is 0 Å². The quantitative estimate of drug-likeness (QED) is 0.729. The molecule has 6 heteroatoms. The van der Waals surface area contributed by atoms with Gasteiger partial charge in [-0.15, -0.1) is 0 Å². The fourth-order valence-electron chi connectivity index (χ4n) is 2.11. The van der Waals surface area contributed by atoms with Gasteiger partial charge in [-0.3, -0.25) is 14.3 Å². The average Bonchev–Trinajstić information content (AvgIpc) is 2.93. The average molecular weight is 271 g/mol. The number of aryl methyl sites for hydroxylation is 2. The lowest BCUT2D eigenvalue weighted by atomic mass is 10.3. The molecular formula is C13H13N5S. The normalized spacial score (nSPS) is 10.8. The van der Waals surface area contributed by atoms with E-state index in [0.717, 1.165) is 22.9 Å². The van der Waals surface area contributed by atoms with Crippen molar-refractivity contribution in [2.24, 2.45) is 7.05 Å². The van der Waals surface area contributed by atoms with Crippen LogP contribution < -0.4 is 0 Å². The molecule has 3 rings (SSSR count). The van der Waals surface area contributed by atoms with Gasteiger partial charge in [-0.25, -0.2) is 0 Å². The highest BCUT2D eigenvalue weighted by atomic mass is 32.1. The summed E-state index contributed by atoms with van der Waals surface area (Å²) >= 11 is 5.32. The van der Waals surface area contributed by atoms with Gasteiger partial charge in [0.1, 0.15) is 5.69 Å². The van der Waals surface area contributed by atoms with Crippen LogP contribution >= 0.6 is 12.2 Å². The molecule has 2 aromatic heterocycles. The first kappa shape index (κ1) is 11.9. The van der Waals surface area contributed by atoms with Crippen LogP contribution in [0.5, 0.6) is 0 Å². The van der Waals surface area contributed by atoms with E-state index in [-0.39, 0.29) is 0 Å². The molecule has 0 aliphatic rings. The first-order valence-electron chi connectivity index (χ1n) is 5.90. The highest BCUT2D eigenvalue weighted by molar-refractivity contribution is 7.71. The number of rotatable bonds is 2. The molecule has 3 aromatic rings. The third kappa shape index (κ3) is 2.00. The largest absolute Gasteiger partial charge is 0.267 e. The maximum atomic E-state index is 5.32. The Kier molecular flexibility index (Phi) is 2.79. The van der Waals surface area contributed by atoms with Crippen molar-refractivity contribution in [1.82, 2.24) is 24.5 Å². The fraction of sp³-hybridized carbons (Fsp3) is 0.154. The molecule has 0 spiro atoms. The van der Waals surface area contributed by atoms with Crippen LogP contribution in [-0.2, 0) is 7.05 Å². The smallest absolute Gasteiger partial charge is 0.200 e. The van der Waals surface area contributed by atoms with E-state index in [4.69, 9.17) is 12.2 Å². The van der Waals surface area contributed by atoms with E-state index in [9.17, 15) is 0 Å². The lowest BCUT2D eigenvalue weighted by Gasteiger charge is -2.06. The molecule has 0 aliphatic heterocycles. The Morgan fingerprint density at radius 1 is 1.21 bits per heavy atom. The van der Waals surface area contributed by atoms with Crippen LogP contribution in [0, 0.1) is 11.7 Å². The van der Waals surface area contributed by atoms with Gasteiger partial charge in [0.15, 0.2) is 10.6 Å². The number of para-hydroxylation sites is 1. The van der Waals surface area contributed by atoms with Crippen LogP contribution in [0.1, 0.15) is 5.69 Å². The number of nitrogens with one attached hydrogen (secondary N) is 1. The monoisotopic (exact) mass is 271 g/mol. The van der Waals surface area contributed by atoms with E-state index in [1.54, 1.807) is 4.68 Å². The Labute approximate surface area is 115 Å². The van der Waals surface area contributed by atoms with Crippen LogP contribution in [0.25, 0.3) is 17.2 Å². The third-order valence-corrected chi connectivity index (χ3v) is 3.19. The van der Waals surface area contributed by atoms with E-state index in [1.165, 1.54) is 0 Å². The van der Waals surface area contributed by atoms with Gasteiger partial charge in [-0.2, -0.15) is 10.2 Å². The Bertz CT molecular complexity index is 766. The Hall–Kier alpha value is -2.21. The van der Waals surface area contributed by atoms with Crippen molar-refractivity contribution in [2.75, 3.05) is 0 Å². The van der Waals surface area contributed by atoms with Crippen molar-refractivity contribution in [2.45, 2.75) is 6.92 Å². The summed E-state index contributed by atoms with van der Waals surface area (Å²) in [6.45, 7) is 1.96. The van der Waals surface area contributed by atoms with Crippen LogP contribution in [-0.4, -0.2) is 24.5 Å². The molecule has 0 radical (unpaired) electrons. The van der Waals surface area contributed by atoms with Crippen LogP contribution in [0.4, 0.5) is 0 Å². The number of aromatic amines is 1. The zero-order chi connectivity index (χ0) is 13.4. The van der Waals surface area contributed by atoms with Crippen LogP contribution in [0.2, 0.25) is 0 Å². The van der Waals surface area contributed by atoms with Crippen molar-refractivity contribution in [3.8, 4) is 17.2 Å². The van der Waals surface area contributed by atoms with Crippen molar-refractivity contribution in [3.63, 3.8) is 0 Å². The summed E-state index contributed by atoms with van der Waals surface area (Å²) in [5.74, 6) is 0.763. The zero-order valence-electron chi connectivity index (χ0n) is 10.7. The predicted molar refractivity (Wildman–Crippen MR) is 75.7 cm³/mol. The lowest BCUT2D eigenvalue weighted by molar-refractivity contribution is 0.756. The molecule has 96 valence electrons. The highest BCUT2D eigenvalue weighted by Crippen LogP contribution is 2.21. The summed E-state index contributed by atoms with van der Waals surface area (Å²) in [6, 6.07) is 11.9. The number of hydrogen-bond donors (Lipinski definition) is 1. The predicted octanol–water partition coefficient (Wildman–Crippen LogP) is 2.64. The van der Waals surface area contributed by atoms with E-state index >= 15 is 0 Å². The van der Waals surface area contributed by atoms with Gasteiger partial charge in [0, 0.05) is 7.05 Å². The minimum atomic E-state index is 0.569. The Balaban J connectivity index is 2.25. The number of hydrogen-bond acceptors (Lipinski definition) is 3. The van der Waals surface area contributed by atoms with Crippen molar-refractivity contribution in [1.29, 1.82) is 0 Å². The number of benzene rings is 1. The zero-order valence-corrected chi connectivity index (χ0v) is 11.5. The van der Waals surface area contributed by atoms with Crippen molar-refractivity contribution >= 4 is 12.2 Å². The first-order chi connectivity index (χ1) is 9.16. The molecule has 0 amide bonds. The number of aromatic nitrogens is 5. The standard InChI is InChI=1S/C13H13N5S/c1-9-8-11(17(2)16-9)12-14-15-13(19)18(12)10-6-4-3-5-7-10/h3-8H,1-2H3,(H,15,19). The second-order valence-corrected chi connectivity index (χ2v) is 4.70. The minimum Gasteiger partial charge on any atom is -0.267 e. The minimum absolute atomic E-state index is 0.569. The summed E-state index contributed by atoms with van der Waals surface area (Å²) in [7, 11) is 1.90. The SMILES string of the molecule is Cc1cc(-c2n[nH]c(=S)n2-c2ccccc2)n(C)n1. The molecule has 1 N–H and O–H groups in total. The summed E-state index contributed by atoms with van der Waals surface area (Å²) in [4.78, 5) is 0. The van der Waals surface area contributed by atoms with Crippen LogP contribution in [0.15, 0.2) is 36.4 Å². The van der Waals surface area contributed by atoms with Gasteiger partial charge in [0.25, 0.3) is 0 Å². The number of H-pyrrole nitrogens is 1. The van der Waals surface area contributed by atoms with Gasteiger partial charge < -0.3 is 0 Å². The second kappa shape index (κ2) is 4.47. The molecule has 19 heavy (non-hydrogen) atoms. The van der Waals surface area contributed by atoms with Gasteiger partial charge in [0.2, 0.25) is 0 Å². The van der Waals surface area contributed by atoms with Crippen molar-refractivity contribution < 1.29 is 0 Å².